The lowest BCUT2D eigenvalue weighted by Crippen LogP contribution is -2.02. The van der Waals surface area contributed by atoms with E-state index >= 15 is 0 Å². The van der Waals surface area contributed by atoms with E-state index in [-0.39, 0.29) is 0 Å². The number of rotatable bonds is 4. The summed E-state index contributed by atoms with van der Waals surface area (Å²) in [5.74, 6) is 1.35. The summed E-state index contributed by atoms with van der Waals surface area (Å²) >= 11 is 0. The monoisotopic (exact) mass is 252 g/mol. The number of aryl methyl sites for hydroxylation is 1. The van der Waals surface area contributed by atoms with Gasteiger partial charge in [-0.05, 0) is 49.2 Å². The lowest BCUT2D eigenvalue weighted by molar-refractivity contribution is 0.477. The van der Waals surface area contributed by atoms with Gasteiger partial charge in [0.25, 0.3) is 0 Å². The molecule has 2 aromatic carbocycles. The summed E-state index contributed by atoms with van der Waals surface area (Å²) in [6.07, 6.45) is 0.855. The van der Waals surface area contributed by atoms with E-state index in [1.807, 2.05) is 43.3 Å². The Morgan fingerprint density at radius 3 is 2.53 bits per heavy atom. The summed E-state index contributed by atoms with van der Waals surface area (Å²) in [5, 5.41) is 9.09. The second-order valence-electron chi connectivity index (χ2n) is 4.35. The van der Waals surface area contributed by atoms with Crippen molar-refractivity contribution in [1.29, 1.82) is 5.26 Å². The van der Waals surface area contributed by atoms with Crippen molar-refractivity contribution in [2.75, 3.05) is 6.54 Å². The van der Waals surface area contributed by atoms with E-state index in [2.05, 4.69) is 6.07 Å². The van der Waals surface area contributed by atoms with Gasteiger partial charge in [0.2, 0.25) is 0 Å². The Balaban J connectivity index is 2.24. The van der Waals surface area contributed by atoms with Crippen molar-refractivity contribution in [2.24, 2.45) is 5.73 Å². The molecule has 0 radical (unpaired) electrons. The minimum Gasteiger partial charge on any atom is -0.456 e. The van der Waals surface area contributed by atoms with Crippen molar-refractivity contribution in [3.05, 3.63) is 59.2 Å². The van der Waals surface area contributed by atoms with Crippen LogP contribution in [0.5, 0.6) is 11.5 Å². The topological polar surface area (TPSA) is 59.0 Å². The Bertz CT molecular complexity index is 597. The summed E-state index contributed by atoms with van der Waals surface area (Å²) in [5.41, 5.74) is 8.19. The van der Waals surface area contributed by atoms with Crippen LogP contribution in [0, 0.1) is 18.3 Å². The molecular weight excluding hydrogens is 236 g/mol. The Morgan fingerprint density at radius 2 is 1.89 bits per heavy atom. The molecule has 0 fully saturated rings. The molecule has 0 aromatic heterocycles. The summed E-state index contributed by atoms with van der Waals surface area (Å²) in [6.45, 7) is 2.57. The van der Waals surface area contributed by atoms with Crippen LogP contribution in [0.2, 0.25) is 0 Å². The second-order valence-corrected chi connectivity index (χ2v) is 4.35. The van der Waals surface area contributed by atoms with E-state index in [4.69, 9.17) is 15.7 Å². The number of hydrogen-bond donors (Lipinski definition) is 1. The second kappa shape index (κ2) is 6.03. The third-order valence-corrected chi connectivity index (χ3v) is 2.91. The molecule has 0 atom stereocenters. The number of ether oxygens (including phenoxy) is 1. The molecule has 2 rings (SSSR count). The molecule has 0 saturated heterocycles. The number of nitriles is 1. The molecule has 0 aliphatic heterocycles. The molecule has 2 N–H and O–H groups in total. The molecule has 0 heterocycles. The van der Waals surface area contributed by atoms with Crippen LogP contribution in [0.1, 0.15) is 16.7 Å². The zero-order valence-corrected chi connectivity index (χ0v) is 10.9. The number of nitrogens with zero attached hydrogens (tertiary/aromatic N) is 1. The highest BCUT2D eigenvalue weighted by molar-refractivity contribution is 5.50. The van der Waals surface area contributed by atoms with Gasteiger partial charge in [0, 0.05) is 0 Å². The largest absolute Gasteiger partial charge is 0.456 e. The predicted molar refractivity (Wildman–Crippen MR) is 75.2 cm³/mol. The van der Waals surface area contributed by atoms with E-state index < -0.39 is 0 Å². The SMILES string of the molecule is Cc1cccc(C#N)c1Oc1ccc(CCN)cc1. The molecule has 0 aliphatic rings. The first-order chi connectivity index (χ1) is 9.24. The van der Waals surface area contributed by atoms with Gasteiger partial charge in [-0.15, -0.1) is 0 Å². The highest BCUT2D eigenvalue weighted by atomic mass is 16.5. The van der Waals surface area contributed by atoms with E-state index in [1.54, 1.807) is 6.07 Å². The van der Waals surface area contributed by atoms with Crippen molar-refractivity contribution in [3.63, 3.8) is 0 Å². The van der Waals surface area contributed by atoms with Gasteiger partial charge in [-0.2, -0.15) is 5.26 Å². The molecule has 0 unspecified atom stereocenters. The van der Waals surface area contributed by atoms with Gasteiger partial charge >= 0.3 is 0 Å². The first-order valence-corrected chi connectivity index (χ1v) is 6.21. The van der Waals surface area contributed by atoms with Gasteiger partial charge in [-0.25, -0.2) is 0 Å². The first-order valence-electron chi connectivity index (χ1n) is 6.21. The Hall–Kier alpha value is -2.31. The molecule has 0 spiro atoms. The fraction of sp³-hybridized carbons (Fsp3) is 0.188. The van der Waals surface area contributed by atoms with Gasteiger partial charge in [0.15, 0.2) is 0 Å². The van der Waals surface area contributed by atoms with Crippen LogP contribution >= 0.6 is 0 Å². The van der Waals surface area contributed by atoms with Crippen LogP contribution in [-0.4, -0.2) is 6.54 Å². The third kappa shape index (κ3) is 3.12. The fourth-order valence-electron chi connectivity index (χ4n) is 1.88. The van der Waals surface area contributed by atoms with Gasteiger partial charge in [-0.1, -0.05) is 24.3 Å². The highest BCUT2D eigenvalue weighted by Gasteiger charge is 2.07. The molecule has 0 bridgehead atoms. The normalized spacial score (nSPS) is 9.95. The lowest BCUT2D eigenvalue weighted by Gasteiger charge is -2.10. The van der Waals surface area contributed by atoms with Crippen LogP contribution in [0.3, 0.4) is 0 Å². The maximum atomic E-state index is 9.09. The van der Waals surface area contributed by atoms with Gasteiger partial charge in [0.1, 0.15) is 17.6 Å². The van der Waals surface area contributed by atoms with Crippen molar-refractivity contribution in [1.82, 2.24) is 0 Å². The lowest BCUT2D eigenvalue weighted by atomic mass is 10.1. The van der Waals surface area contributed by atoms with E-state index in [9.17, 15) is 0 Å². The van der Waals surface area contributed by atoms with Gasteiger partial charge < -0.3 is 10.5 Å². The zero-order chi connectivity index (χ0) is 13.7. The van der Waals surface area contributed by atoms with E-state index in [0.29, 0.717) is 17.9 Å². The van der Waals surface area contributed by atoms with E-state index in [1.165, 1.54) is 5.56 Å². The average Bonchev–Trinajstić information content (AvgIpc) is 2.43. The Morgan fingerprint density at radius 1 is 1.16 bits per heavy atom. The van der Waals surface area contributed by atoms with Gasteiger partial charge in [0.05, 0.1) is 5.56 Å². The minimum atomic E-state index is 0.547. The summed E-state index contributed by atoms with van der Waals surface area (Å²) in [4.78, 5) is 0. The smallest absolute Gasteiger partial charge is 0.148 e. The molecule has 0 aliphatic carbocycles. The van der Waals surface area contributed by atoms with Crippen LogP contribution < -0.4 is 10.5 Å². The molecule has 19 heavy (non-hydrogen) atoms. The quantitative estimate of drug-likeness (QED) is 0.909. The molecule has 3 nitrogen and oxygen atoms in total. The van der Waals surface area contributed by atoms with E-state index in [0.717, 1.165) is 17.7 Å². The van der Waals surface area contributed by atoms with Crippen molar-refractivity contribution in [3.8, 4) is 17.6 Å². The Kier molecular flexibility index (Phi) is 4.17. The van der Waals surface area contributed by atoms with Crippen LogP contribution in [0.15, 0.2) is 42.5 Å². The van der Waals surface area contributed by atoms with Crippen molar-refractivity contribution < 1.29 is 4.74 Å². The van der Waals surface area contributed by atoms with Crippen molar-refractivity contribution >= 4 is 0 Å². The number of para-hydroxylation sites is 1. The van der Waals surface area contributed by atoms with Crippen LogP contribution in [-0.2, 0) is 6.42 Å². The zero-order valence-electron chi connectivity index (χ0n) is 10.9. The molecule has 0 amide bonds. The predicted octanol–water partition coefficient (Wildman–Crippen LogP) is 3.16. The Labute approximate surface area is 113 Å². The third-order valence-electron chi connectivity index (χ3n) is 2.91. The first kappa shape index (κ1) is 13.1. The fourth-order valence-corrected chi connectivity index (χ4v) is 1.88. The van der Waals surface area contributed by atoms with Crippen molar-refractivity contribution in [2.45, 2.75) is 13.3 Å². The highest BCUT2D eigenvalue weighted by Crippen LogP contribution is 2.28. The summed E-state index contributed by atoms with van der Waals surface area (Å²) in [7, 11) is 0. The van der Waals surface area contributed by atoms with Crippen LogP contribution in [0.25, 0.3) is 0 Å². The number of hydrogen-bond acceptors (Lipinski definition) is 3. The molecule has 3 heteroatoms. The molecule has 2 aromatic rings. The summed E-state index contributed by atoms with van der Waals surface area (Å²) in [6, 6.07) is 15.5. The standard InChI is InChI=1S/C16H16N2O/c1-12-3-2-4-14(11-18)16(12)19-15-7-5-13(6-8-15)9-10-17/h2-8H,9-10,17H2,1H3. The number of nitrogens with two attached hydrogens (primary N) is 1. The molecular formula is C16H16N2O. The molecule has 96 valence electrons. The minimum absolute atomic E-state index is 0.547. The summed E-state index contributed by atoms with van der Waals surface area (Å²) < 4.78 is 5.81. The number of benzene rings is 2. The average molecular weight is 252 g/mol. The maximum absolute atomic E-state index is 9.09. The van der Waals surface area contributed by atoms with Crippen LogP contribution in [0.4, 0.5) is 0 Å². The van der Waals surface area contributed by atoms with Gasteiger partial charge in [-0.3, -0.25) is 0 Å². The molecule has 0 saturated carbocycles. The maximum Gasteiger partial charge on any atom is 0.148 e.